The molecular formula is C15H20N2S. The minimum Gasteiger partial charge on any atom is -0.309 e. The van der Waals surface area contributed by atoms with Crippen LogP contribution < -0.4 is 4.90 Å². The van der Waals surface area contributed by atoms with Crippen LogP contribution in [0.1, 0.15) is 27.7 Å². The lowest BCUT2D eigenvalue weighted by Gasteiger charge is -2.34. The van der Waals surface area contributed by atoms with Gasteiger partial charge in [-0.25, -0.2) is 0 Å². The van der Waals surface area contributed by atoms with Crippen LogP contribution in [0.3, 0.4) is 0 Å². The molecule has 0 radical (unpaired) electrons. The summed E-state index contributed by atoms with van der Waals surface area (Å²) in [5.74, 6) is 0. The number of aliphatic imine (C=N–C) groups is 1. The topological polar surface area (TPSA) is 15.6 Å². The standard InChI is InChI=1S/C15H20N2S/c1-14(2)9-10-17(11-16-15(14,3)4)12-5-7-13(18)8-6-12/h5-11,18H,1-4H3. The molecule has 1 aliphatic heterocycles. The summed E-state index contributed by atoms with van der Waals surface area (Å²) in [5, 5.41) is 0. The summed E-state index contributed by atoms with van der Waals surface area (Å²) in [6.45, 7) is 8.74. The average Bonchev–Trinajstić information content (AvgIpc) is 2.39. The van der Waals surface area contributed by atoms with Crippen LogP contribution >= 0.6 is 12.6 Å². The quantitative estimate of drug-likeness (QED) is 0.750. The molecule has 96 valence electrons. The number of thiol groups is 1. The van der Waals surface area contributed by atoms with Gasteiger partial charge in [0.1, 0.15) is 0 Å². The van der Waals surface area contributed by atoms with Crippen molar-refractivity contribution < 1.29 is 0 Å². The molecular weight excluding hydrogens is 240 g/mol. The van der Waals surface area contributed by atoms with E-state index in [0.29, 0.717) is 0 Å². The van der Waals surface area contributed by atoms with Gasteiger partial charge >= 0.3 is 0 Å². The molecule has 0 bridgehead atoms. The second-order valence-electron chi connectivity index (χ2n) is 5.76. The maximum Gasteiger partial charge on any atom is 0.0942 e. The number of nitrogens with zero attached hydrogens (tertiary/aromatic N) is 2. The van der Waals surface area contributed by atoms with E-state index in [4.69, 9.17) is 4.99 Å². The Morgan fingerprint density at radius 3 is 2.28 bits per heavy atom. The molecule has 0 saturated heterocycles. The Hall–Kier alpha value is -1.22. The van der Waals surface area contributed by atoms with Crippen LogP contribution in [-0.2, 0) is 0 Å². The second kappa shape index (κ2) is 4.47. The number of hydrogen-bond donors (Lipinski definition) is 1. The molecule has 0 spiro atoms. The minimum absolute atomic E-state index is 0.0295. The van der Waals surface area contributed by atoms with Crippen molar-refractivity contribution in [2.45, 2.75) is 38.1 Å². The third-order valence-corrected chi connectivity index (χ3v) is 4.18. The summed E-state index contributed by atoms with van der Waals surface area (Å²) in [4.78, 5) is 7.72. The molecule has 0 atom stereocenters. The molecule has 1 aromatic carbocycles. The molecule has 0 aromatic heterocycles. The maximum atomic E-state index is 4.71. The lowest BCUT2D eigenvalue weighted by atomic mass is 9.75. The lowest BCUT2D eigenvalue weighted by molar-refractivity contribution is 0.277. The van der Waals surface area contributed by atoms with Crippen LogP contribution in [0.4, 0.5) is 5.69 Å². The summed E-state index contributed by atoms with van der Waals surface area (Å²) in [7, 11) is 0. The number of hydrogen-bond acceptors (Lipinski definition) is 3. The van der Waals surface area contributed by atoms with E-state index in [1.165, 1.54) is 0 Å². The van der Waals surface area contributed by atoms with E-state index in [1.807, 2.05) is 35.5 Å². The van der Waals surface area contributed by atoms with Gasteiger partial charge in [0.2, 0.25) is 0 Å². The van der Waals surface area contributed by atoms with Crippen molar-refractivity contribution in [1.29, 1.82) is 0 Å². The zero-order valence-corrected chi connectivity index (χ0v) is 12.3. The van der Waals surface area contributed by atoms with Crippen molar-refractivity contribution in [2.24, 2.45) is 10.4 Å². The van der Waals surface area contributed by atoms with Crippen molar-refractivity contribution in [1.82, 2.24) is 0 Å². The highest BCUT2D eigenvalue weighted by atomic mass is 32.1. The van der Waals surface area contributed by atoms with Crippen molar-refractivity contribution in [2.75, 3.05) is 4.90 Å². The van der Waals surface area contributed by atoms with Gasteiger partial charge in [-0.15, -0.1) is 12.6 Å². The molecule has 0 aliphatic carbocycles. The normalized spacial score (nSPS) is 20.8. The predicted octanol–water partition coefficient (Wildman–Crippen LogP) is 4.14. The lowest BCUT2D eigenvalue weighted by Crippen LogP contribution is -2.35. The number of anilines is 1. The van der Waals surface area contributed by atoms with E-state index >= 15 is 0 Å². The predicted molar refractivity (Wildman–Crippen MR) is 81.7 cm³/mol. The third-order valence-electron chi connectivity index (χ3n) is 3.88. The molecule has 1 aromatic rings. The van der Waals surface area contributed by atoms with Gasteiger partial charge in [0.15, 0.2) is 0 Å². The first-order valence-electron chi connectivity index (χ1n) is 6.14. The molecule has 0 fully saturated rings. The zero-order valence-electron chi connectivity index (χ0n) is 11.4. The van der Waals surface area contributed by atoms with Crippen LogP contribution in [0.25, 0.3) is 0 Å². The molecule has 0 unspecified atom stereocenters. The van der Waals surface area contributed by atoms with Crippen LogP contribution in [0.2, 0.25) is 0 Å². The first-order valence-corrected chi connectivity index (χ1v) is 6.59. The Labute approximate surface area is 115 Å². The Kier molecular flexibility index (Phi) is 3.28. The Morgan fingerprint density at radius 2 is 1.67 bits per heavy atom. The monoisotopic (exact) mass is 260 g/mol. The molecule has 18 heavy (non-hydrogen) atoms. The molecule has 0 saturated carbocycles. The van der Waals surface area contributed by atoms with Gasteiger partial charge in [-0.05, 0) is 38.1 Å². The van der Waals surface area contributed by atoms with Gasteiger partial charge in [-0.2, -0.15) is 0 Å². The summed E-state index contributed by atoms with van der Waals surface area (Å²) < 4.78 is 0. The second-order valence-corrected chi connectivity index (χ2v) is 6.28. The summed E-state index contributed by atoms with van der Waals surface area (Å²) in [6.07, 6.45) is 6.21. The van der Waals surface area contributed by atoms with Gasteiger partial charge in [-0.3, -0.25) is 4.99 Å². The van der Waals surface area contributed by atoms with Crippen LogP contribution in [0, 0.1) is 5.41 Å². The van der Waals surface area contributed by atoms with E-state index in [9.17, 15) is 0 Å². The van der Waals surface area contributed by atoms with Gasteiger partial charge in [0, 0.05) is 22.2 Å². The van der Waals surface area contributed by atoms with Crippen LogP contribution in [0.15, 0.2) is 46.4 Å². The Bertz CT molecular complexity index is 460. The minimum atomic E-state index is -0.109. The van der Waals surface area contributed by atoms with Gasteiger partial charge in [-0.1, -0.05) is 19.9 Å². The molecule has 0 N–H and O–H groups in total. The smallest absolute Gasteiger partial charge is 0.0942 e. The van der Waals surface area contributed by atoms with Crippen molar-refractivity contribution in [3.8, 4) is 0 Å². The molecule has 2 nitrogen and oxygen atoms in total. The van der Waals surface area contributed by atoms with Gasteiger partial charge in [0.25, 0.3) is 0 Å². The third kappa shape index (κ3) is 2.46. The highest BCUT2D eigenvalue weighted by molar-refractivity contribution is 7.80. The van der Waals surface area contributed by atoms with E-state index < -0.39 is 0 Å². The van der Waals surface area contributed by atoms with Crippen molar-refractivity contribution in [3.63, 3.8) is 0 Å². The molecule has 1 heterocycles. The Balaban J connectivity index is 2.35. The van der Waals surface area contributed by atoms with Gasteiger partial charge < -0.3 is 4.90 Å². The summed E-state index contributed by atoms with van der Waals surface area (Å²) in [6, 6.07) is 8.07. The largest absolute Gasteiger partial charge is 0.309 e. The average molecular weight is 260 g/mol. The molecule has 3 heteroatoms. The Morgan fingerprint density at radius 1 is 1.06 bits per heavy atom. The fraction of sp³-hybridized carbons (Fsp3) is 0.400. The molecule has 1 aliphatic rings. The van der Waals surface area contributed by atoms with E-state index in [2.05, 4.69) is 52.6 Å². The van der Waals surface area contributed by atoms with Crippen molar-refractivity contribution in [3.05, 3.63) is 36.5 Å². The fourth-order valence-corrected chi connectivity index (χ4v) is 1.81. The fourth-order valence-electron chi connectivity index (χ4n) is 1.66. The highest BCUT2D eigenvalue weighted by Crippen LogP contribution is 2.37. The summed E-state index contributed by atoms with van der Waals surface area (Å²) >= 11 is 4.30. The number of rotatable bonds is 1. The molecule has 2 rings (SSSR count). The first kappa shape index (κ1) is 13.2. The highest BCUT2D eigenvalue weighted by Gasteiger charge is 2.35. The molecule has 0 amide bonds. The van der Waals surface area contributed by atoms with Crippen LogP contribution in [0.5, 0.6) is 0 Å². The van der Waals surface area contributed by atoms with E-state index in [0.717, 1.165) is 10.6 Å². The first-order chi connectivity index (χ1) is 8.32. The van der Waals surface area contributed by atoms with Gasteiger partial charge in [0.05, 0.1) is 11.9 Å². The number of benzene rings is 1. The zero-order chi connectivity index (χ0) is 13.4. The maximum absolute atomic E-state index is 4.71. The SMILES string of the molecule is CC1(C)C=CN(c2ccc(S)cc2)C=NC1(C)C. The van der Waals surface area contributed by atoms with Crippen molar-refractivity contribution >= 4 is 24.7 Å². The van der Waals surface area contributed by atoms with E-state index in [1.54, 1.807) is 0 Å². The van der Waals surface area contributed by atoms with E-state index in [-0.39, 0.29) is 11.0 Å². The van der Waals surface area contributed by atoms with Crippen LogP contribution in [-0.4, -0.2) is 11.9 Å². The summed E-state index contributed by atoms with van der Waals surface area (Å²) in [5.41, 5.74) is 1.02.